The van der Waals surface area contributed by atoms with E-state index in [9.17, 15) is 8.78 Å². The van der Waals surface area contributed by atoms with E-state index in [1.54, 1.807) is 24.3 Å². The molecule has 0 aliphatic carbocycles. The van der Waals surface area contributed by atoms with E-state index in [1.807, 2.05) is 19.9 Å². The fourth-order valence-corrected chi connectivity index (χ4v) is 3.97. The third-order valence-electron chi connectivity index (χ3n) is 5.87. The van der Waals surface area contributed by atoms with Gasteiger partial charge in [0.2, 0.25) is 0 Å². The van der Waals surface area contributed by atoms with Gasteiger partial charge in [0.1, 0.15) is 5.75 Å². The highest BCUT2D eigenvalue weighted by molar-refractivity contribution is 5.72. The van der Waals surface area contributed by atoms with Gasteiger partial charge in [0.25, 0.3) is 0 Å². The Bertz CT molecular complexity index is 1030. The highest BCUT2D eigenvalue weighted by atomic mass is 19.3. The Morgan fingerprint density at radius 3 is 1.94 bits per heavy atom. The predicted octanol–water partition coefficient (Wildman–Crippen LogP) is 7.09. The number of halogens is 2. The van der Waals surface area contributed by atoms with Crippen LogP contribution in [-0.2, 0) is 31.8 Å². The normalized spacial score (nSPS) is 11.6. The zero-order valence-corrected chi connectivity index (χ0v) is 19.1. The fraction of sp³-hybridized carbons (Fsp3) is 0.357. The number of ether oxygens (including phenoxy) is 1. The van der Waals surface area contributed by atoms with Crippen molar-refractivity contribution >= 4 is 0 Å². The van der Waals surface area contributed by atoms with Crippen molar-refractivity contribution in [1.82, 2.24) is 0 Å². The molecule has 0 saturated carbocycles. The molecule has 4 heteroatoms. The molecule has 0 bridgehead atoms. The number of alkyl halides is 2. The number of hydrogen-bond acceptors (Lipinski definition) is 2. The molecule has 3 aromatic rings. The largest absolute Gasteiger partial charge is 0.429 e. The van der Waals surface area contributed by atoms with E-state index in [1.165, 1.54) is 23.3 Å². The quantitative estimate of drug-likeness (QED) is 0.366. The molecule has 1 N–H and O–H groups in total. The minimum atomic E-state index is -3.40. The van der Waals surface area contributed by atoms with Crippen molar-refractivity contribution in [3.8, 4) is 16.9 Å². The summed E-state index contributed by atoms with van der Waals surface area (Å²) in [5.74, 6) is 0.160. The summed E-state index contributed by atoms with van der Waals surface area (Å²) in [6.07, 6.45) is 0.557. The summed E-state index contributed by atoms with van der Waals surface area (Å²) in [7, 11) is 0. The molecular formula is C28H32F2O2. The van der Waals surface area contributed by atoms with Crippen molar-refractivity contribution in [2.75, 3.05) is 6.61 Å². The smallest absolute Gasteiger partial charge is 0.426 e. The van der Waals surface area contributed by atoms with Crippen LogP contribution in [0.15, 0.2) is 60.7 Å². The van der Waals surface area contributed by atoms with Crippen molar-refractivity contribution in [1.29, 1.82) is 0 Å². The standard InChI is InChI=1S/C28H32F2O2/c1-4-20-9-12-24(13-10-20)28(29,30)32-25-14-16-27(23(6-3)19-25)26-15-11-21(8-7-17-31)18-22(26)5-2/h9-16,18-19,31H,4-8,17H2,1-3H3. The number of aliphatic hydroxyl groups is 1. The van der Waals surface area contributed by atoms with E-state index in [0.29, 0.717) is 6.42 Å². The van der Waals surface area contributed by atoms with Gasteiger partial charge in [-0.3, -0.25) is 0 Å². The van der Waals surface area contributed by atoms with E-state index in [4.69, 9.17) is 9.84 Å². The number of rotatable bonds is 10. The Balaban J connectivity index is 1.89. The molecule has 0 radical (unpaired) electrons. The van der Waals surface area contributed by atoms with Crippen LogP contribution in [0.3, 0.4) is 0 Å². The molecule has 0 atom stereocenters. The van der Waals surface area contributed by atoms with Gasteiger partial charge >= 0.3 is 6.11 Å². The van der Waals surface area contributed by atoms with Crippen LogP contribution < -0.4 is 4.74 Å². The van der Waals surface area contributed by atoms with Gasteiger partial charge in [-0.15, -0.1) is 0 Å². The molecular weight excluding hydrogens is 406 g/mol. The van der Waals surface area contributed by atoms with Crippen molar-refractivity contribution in [2.24, 2.45) is 0 Å². The Morgan fingerprint density at radius 1 is 0.750 bits per heavy atom. The zero-order valence-electron chi connectivity index (χ0n) is 19.1. The van der Waals surface area contributed by atoms with Crippen LogP contribution in [0.25, 0.3) is 11.1 Å². The van der Waals surface area contributed by atoms with E-state index in [0.717, 1.165) is 47.9 Å². The van der Waals surface area contributed by atoms with Gasteiger partial charge in [0, 0.05) is 6.61 Å². The second-order valence-electron chi connectivity index (χ2n) is 8.01. The maximum Gasteiger partial charge on any atom is 0.426 e. The number of aliphatic hydroxyl groups excluding tert-OH is 1. The molecule has 0 heterocycles. The lowest BCUT2D eigenvalue weighted by Gasteiger charge is -2.20. The summed E-state index contributed by atoms with van der Waals surface area (Å²) in [4.78, 5) is 0. The summed E-state index contributed by atoms with van der Waals surface area (Å²) in [6.45, 7) is 6.30. The third kappa shape index (κ3) is 5.55. The summed E-state index contributed by atoms with van der Waals surface area (Å²) >= 11 is 0. The van der Waals surface area contributed by atoms with Gasteiger partial charge in [-0.05, 0) is 89.8 Å². The van der Waals surface area contributed by atoms with E-state index in [2.05, 4.69) is 25.1 Å². The summed E-state index contributed by atoms with van der Waals surface area (Å²) < 4.78 is 34.7. The monoisotopic (exact) mass is 438 g/mol. The summed E-state index contributed by atoms with van der Waals surface area (Å²) in [5.41, 5.74) is 6.40. The van der Waals surface area contributed by atoms with Crippen molar-refractivity contribution in [3.05, 3.63) is 88.5 Å². The molecule has 170 valence electrons. The highest BCUT2D eigenvalue weighted by Gasteiger charge is 2.34. The first-order chi connectivity index (χ1) is 15.4. The van der Waals surface area contributed by atoms with Crippen LogP contribution in [0.4, 0.5) is 8.78 Å². The van der Waals surface area contributed by atoms with Crippen LogP contribution in [0.2, 0.25) is 0 Å². The Morgan fingerprint density at radius 2 is 1.34 bits per heavy atom. The van der Waals surface area contributed by atoms with E-state index < -0.39 is 6.11 Å². The average Bonchev–Trinajstić information content (AvgIpc) is 2.82. The van der Waals surface area contributed by atoms with Gasteiger partial charge in [0.05, 0.1) is 5.56 Å². The van der Waals surface area contributed by atoms with Crippen molar-refractivity contribution in [2.45, 2.75) is 59.0 Å². The van der Waals surface area contributed by atoms with Gasteiger partial charge in [-0.2, -0.15) is 8.78 Å². The predicted molar refractivity (Wildman–Crippen MR) is 126 cm³/mol. The number of benzene rings is 3. The van der Waals surface area contributed by atoms with Gasteiger partial charge in [0.15, 0.2) is 0 Å². The highest BCUT2D eigenvalue weighted by Crippen LogP contribution is 2.36. The van der Waals surface area contributed by atoms with Crippen LogP contribution in [-0.4, -0.2) is 11.7 Å². The number of aryl methyl sites for hydroxylation is 4. The van der Waals surface area contributed by atoms with Gasteiger partial charge in [-0.25, -0.2) is 0 Å². The molecule has 0 aliphatic heterocycles. The second kappa shape index (κ2) is 10.7. The molecule has 3 rings (SSSR count). The summed E-state index contributed by atoms with van der Waals surface area (Å²) in [6, 6.07) is 17.9. The molecule has 0 amide bonds. The molecule has 0 aliphatic rings. The zero-order chi connectivity index (χ0) is 23.1. The Hall–Kier alpha value is -2.72. The average molecular weight is 439 g/mol. The first-order valence-corrected chi connectivity index (χ1v) is 11.4. The Kier molecular flexibility index (Phi) is 8.03. The lowest BCUT2D eigenvalue weighted by molar-refractivity contribution is -0.185. The first-order valence-electron chi connectivity index (χ1n) is 11.4. The lowest BCUT2D eigenvalue weighted by atomic mass is 9.91. The molecule has 32 heavy (non-hydrogen) atoms. The maximum atomic E-state index is 14.8. The minimum Gasteiger partial charge on any atom is -0.429 e. The number of hydrogen-bond donors (Lipinski definition) is 1. The Labute approximate surface area is 189 Å². The van der Waals surface area contributed by atoms with Crippen LogP contribution in [0.5, 0.6) is 5.75 Å². The van der Waals surface area contributed by atoms with Gasteiger partial charge < -0.3 is 9.84 Å². The fourth-order valence-electron chi connectivity index (χ4n) is 3.97. The molecule has 0 spiro atoms. The second-order valence-corrected chi connectivity index (χ2v) is 8.01. The minimum absolute atomic E-state index is 0.149. The van der Waals surface area contributed by atoms with Crippen molar-refractivity contribution in [3.63, 3.8) is 0 Å². The molecule has 0 fully saturated rings. The topological polar surface area (TPSA) is 29.5 Å². The SMILES string of the molecule is CCc1ccc(C(F)(F)Oc2ccc(-c3ccc(CCCO)cc3CC)c(CC)c2)cc1. The molecule has 0 saturated heterocycles. The molecule has 0 unspecified atom stereocenters. The molecule has 3 aromatic carbocycles. The lowest BCUT2D eigenvalue weighted by Crippen LogP contribution is -2.22. The van der Waals surface area contributed by atoms with Crippen LogP contribution in [0.1, 0.15) is 55.0 Å². The third-order valence-corrected chi connectivity index (χ3v) is 5.87. The van der Waals surface area contributed by atoms with Crippen LogP contribution >= 0.6 is 0 Å². The van der Waals surface area contributed by atoms with E-state index in [-0.39, 0.29) is 17.9 Å². The van der Waals surface area contributed by atoms with Crippen molar-refractivity contribution < 1.29 is 18.6 Å². The van der Waals surface area contributed by atoms with Gasteiger partial charge in [-0.1, -0.05) is 57.2 Å². The van der Waals surface area contributed by atoms with Crippen LogP contribution in [0, 0.1) is 0 Å². The maximum absolute atomic E-state index is 14.8. The molecule has 2 nitrogen and oxygen atoms in total. The summed E-state index contributed by atoms with van der Waals surface area (Å²) in [5, 5.41) is 9.09. The molecule has 0 aromatic heterocycles. The van der Waals surface area contributed by atoms with E-state index >= 15 is 0 Å². The first kappa shape index (κ1) is 23.9.